The van der Waals surface area contributed by atoms with Gasteiger partial charge in [-0.05, 0) is 17.9 Å². The molecule has 2 rings (SSSR count). The van der Waals surface area contributed by atoms with Crippen LogP contribution in [0, 0.1) is 5.92 Å². The van der Waals surface area contributed by atoms with Crippen LogP contribution < -0.4 is 0 Å². The number of benzene rings is 1. The lowest BCUT2D eigenvalue weighted by molar-refractivity contribution is 0.0313. The molecule has 1 aliphatic rings. The summed E-state index contributed by atoms with van der Waals surface area (Å²) in [7, 11) is 0. The van der Waals surface area contributed by atoms with E-state index in [1.54, 1.807) is 11.8 Å². The van der Waals surface area contributed by atoms with E-state index >= 15 is 0 Å². The number of morpholine rings is 1. The molecule has 1 aliphatic heterocycles. The van der Waals surface area contributed by atoms with E-state index in [0.29, 0.717) is 0 Å². The van der Waals surface area contributed by atoms with E-state index in [0.717, 1.165) is 44.2 Å². The number of thioether (sulfide) groups is 1. The molecule has 1 saturated heterocycles. The van der Waals surface area contributed by atoms with Crippen molar-refractivity contribution >= 4 is 30.0 Å². The minimum Gasteiger partial charge on any atom is -0.379 e. The van der Waals surface area contributed by atoms with Gasteiger partial charge in [0.05, 0.1) is 13.2 Å². The maximum absolute atomic E-state index is 12.4. The fourth-order valence-electron chi connectivity index (χ4n) is 2.42. The van der Waals surface area contributed by atoms with E-state index in [1.165, 1.54) is 4.90 Å². The van der Waals surface area contributed by atoms with Crippen LogP contribution in [0.4, 0.5) is 0 Å². The van der Waals surface area contributed by atoms with Gasteiger partial charge in [0.25, 0.3) is 0 Å². The molecule has 1 fully saturated rings. The molecule has 0 radical (unpaired) electrons. The fourth-order valence-corrected chi connectivity index (χ4v) is 3.08. The molecule has 0 saturated carbocycles. The quantitative estimate of drug-likeness (QED) is 0.591. The number of rotatable bonds is 6. The minimum absolute atomic E-state index is 0. The third-order valence-electron chi connectivity index (χ3n) is 3.53. The molecule has 5 heteroatoms. The summed E-state index contributed by atoms with van der Waals surface area (Å²) in [5, 5.41) is 0. The Hall–Kier alpha value is -0.550. The third kappa shape index (κ3) is 5.62. The molecule has 0 bridgehead atoms. The summed E-state index contributed by atoms with van der Waals surface area (Å²) in [5.74, 6) is 1.34. The standard InChI is InChI=1S/C16H23NO2S.ClH/c1-3-20-15-6-4-14(5-7-15)16(18)13(2)12-17-8-10-19-11-9-17;/h4-7,13H,3,8-12H2,1-2H3;1H. The summed E-state index contributed by atoms with van der Waals surface area (Å²) in [6, 6.07) is 8.00. The zero-order valence-electron chi connectivity index (χ0n) is 12.7. The molecule has 118 valence electrons. The molecule has 0 aromatic heterocycles. The Bertz CT molecular complexity index is 432. The summed E-state index contributed by atoms with van der Waals surface area (Å²) in [6.45, 7) is 8.41. The second-order valence-corrected chi connectivity index (χ2v) is 6.47. The zero-order valence-corrected chi connectivity index (χ0v) is 14.3. The lowest BCUT2D eigenvalue weighted by Crippen LogP contribution is -2.40. The molecule has 1 unspecified atom stereocenters. The van der Waals surface area contributed by atoms with Crippen LogP contribution in [0.2, 0.25) is 0 Å². The number of hydrogen-bond donors (Lipinski definition) is 0. The minimum atomic E-state index is 0. The molecule has 1 heterocycles. The lowest BCUT2D eigenvalue weighted by Gasteiger charge is -2.28. The zero-order chi connectivity index (χ0) is 14.4. The van der Waals surface area contributed by atoms with E-state index in [1.807, 2.05) is 31.2 Å². The summed E-state index contributed by atoms with van der Waals surface area (Å²) in [4.78, 5) is 16.0. The van der Waals surface area contributed by atoms with Gasteiger partial charge in [0, 0.05) is 36.0 Å². The number of ketones is 1. The topological polar surface area (TPSA) is 29.5 Å². The van der Waals surface area contributed by atoms with E-state index in [2.05, 4.69) is 11.8 Å². The van der Waals surface area contributed by atoms with Gasteiger partial charge in [-0.2, -0.15) is 0 Å². The Balaban J connectivity index is 0.00000220. The van der Waals surface area contributed by atoms with Crippen molar-refractivity contribution in [2.24, 2.45) is 5.92 Å². The highest BCUT2D eigenvalue weighted by Crippen LogP contribution is 2.19. The highest BCUT2D eigenvalue weighted by atomic mass is 35.5. The van der Waals surface area contributed by atoms with E-state index < -0.39 is 0 Å². The molecule has 0 aliphatic carbocycles. The maximum atomic E-state index is 12.4. The fraction of sp³-hybridized carbons (Fsp3) is 0.562. The Kier molecular flexibility index (Phi) is 8.34. The van der Waals surface area contributed by atoms with Crippen molar-refractivity contribution in [3.8, 4) is 0 Å². The van der Waals surface area contributed by atoms with Gasteiger partial charge in [-0.25, -0.2) is 0 Å². The van der Waals surface area contributed by atoms with E-state index in [-0.39, 0.29) is 24.1 Å². The van der Waals surface area contributed by atoms with Crippen molar-refractivity contribution in [1.82, 2.24) is 4.90 Å². The van der Waals surface area contributed by atoms with Crippen LogP contribution in [0.15, 0.2) is 29.2 Å². The molecule has 0 amide bonds. The van der Waals surface area contributed by atoms with Crippen molar-refractivity contribution in [1.29, 1.82) is 0 Å². The maximum Gasteiger partial charge on any atom is 0.166 e. The Labute approximate surface area is 137 Å². The van der Waals surface area contributed by atoms with Crippen LogP contribution >= 0.6 is 24.2 Å². The normalized spacial score (nSPS) is 17.0. The van der Waals surface area contributed by atoms with Crippen LogP contribution in [0.3, 0.4) is 0 Å². The van der Waals surface area contributed by atoms with Gasteiger partial charge >= 0.3 is 0 Å². The number of halogens is 1. The molecule has 1 aromatic rings. The second-order valence-electron chi connectivity index (χ2n) is 5.14. The van der Waals surface area contributed by atoms with Gasteiger partial charge in [-0.3, -0.25) is 9.69 Å². The lowest BCUT2D eigenvalue weighted by atomic mass is 9.99. The molecular weight excluding hydrogens is 306 g/mol. The Morgan fingerprint density at radius 3 is 2.48 bits per heavy atom. The van der Waals surface area contributed by atoms with E-state index in [9.17, 15) is 4.79 Å². The molecule has 0 N–H and O–H groups in total. The van der Waals surface area contributed by atoms with Crippen molar-refractivity contribution in [2.75, 3.05) is 38.6 Å². The van der Waals surface area contributed by atoms with Crippen molar-refractivity contribution in [3.63, 3.8) is 0 Å². The Morgan fingerprint density at radius 2 is 1.90 bits per heavy atom. The summed E-state index contributed by atoms with van der Waals surface area (Å²) in [6.07, 6.45) is 0. The SMILES string of the molecule is CCSc1ccc(C(=O)C(C)CN2CCOCC2)cc1.Cl. The smallest absolute Gasteiger partial charge is 0.166 e. The molecule has 1 aromatic carbocycles. The van der Waals surface area contributed by atoms with Crippen molar-refractivity contribution < 1.29 is 9.53 Å². The first kappa shape index (κ1) is 18.5. The van der Waals surface area contributed by atoms with Crippen LogP contribution in [0.25, 0.3) is 0 Å². The predicted molar refractivity (Wildman–Crippen MR) is 90.8 cm³/mol. The number of carbonyl (C=O) groups excluding carboxylic acids is 1. The molecule has 21 heavy (non-hydrogen) atoms. The number of hydrogen-bond acceptors (Lipinski definition) is 4. The summed E-state index contributed by atoms with van der Waals surface area (Å²) < 4.78 is 5.33. The molecular formula is C16H24ClNO2S. The number of ether oxygens (including phenoxy) is 1. The second kappa shape index (κ2) is 9.46. The largest absolute Gasteiger partial charge is 0.379 e. The van der Waals surface area contributed by atoms with E-state index in [4.69, 9.17) is 4.74 Å². The van der Waals surface area contributed by atoms with Gasteiger partial charge in [-0.15, -0.1) is 24.2 Å². The van der Waals surface area contributed by atoms with Crippen LogP contribution in [-0.2, 0) is 4.74 Å². The molecule has 0 spiro atoms. The van der Waals surface area contributed by atoms with Gasteiger partial charge in [0.15, 0.2) is 5.78 Å². The van der Waals surface area contributed by atoms with Crippen LogP contribution in [-0.4, -0.2) is 49.3 Å². The first-order chi connectivity index (χ1) is 9.70. The van der Waals surface area contributed by atoms with Gasteiger partial charge in [0.1, 0.15) is 0 Å². The van der Waals surface area contributed by atoms with Crippen LogP contribution in [0.1, 0.15) is 24.2 Å². The summed E-state index contributed by atoms with van der Waals surface area (Å²) >= 11 is 1.80. The third-order valence-corrected chi connectivity index (χ3v) is 4.43. The predicted octanol–water partition coefficient (Wildman–Crippen LogP) is 3.37. The molecule has 1 atom stereocenters. The number of nitrogens with zero attached hydrogens (tertiary/aromatic N) is 1. The number of Topliss-reactive ketones (excluding diaryl/α,β-unsaturated/α-hetero) is 1. The van der Waals surface area contributed by atoms with Crippen molar-refractivity contribution in [2.45, 2.75) is 18.7 Å². The first-order valence-electron chi connectivity index (χ1n) is 7.28. The van der Waals surface area contributed by atoms with Gasteiger partial charge in [0.2, 0.25) is 0 Å². The monoisotopic (exact) mass is 329 g/mol. The first-order valence-corrected chi connectivity index (χ1v) is 8.26. The average molecular weight is 330 g/mol. The summed E-state index contributed by atoms with van der Waals surface area (Å²) in [5.41, 5.74) is 0.825. The Morgan fingerprint density at radius 1 is 1.29 bits per heavy atom. The van der Waals surface area contributed by atoms with Gasteiger partial charge in [-0.1, -0.05) is 26.0 Å². The van der Waals surface area contributed by atoms with Crippen LogP contribution in [0.5, 0.6) is 0 Å². The highest BCUT2D eigenvalue weighted by molar-refractivity contribution is 7.99. The molecule has 3 nitrogen and oxygen atoms in total. The van der Waals surface area contributed by atoms with Crippen molar-refractivity contribution in [3.05, 3.63) is 29.8 Å². The average Bonchev–Trinajstić information content (AvgIpc) is 2.48. The number of carbonyl (C=O) groups is 1. The highest BCUT2D eigenvalue weighted by Gasteiger charge is 2.20. The van der Waals surface area contributed by atoms with Gasteiger partial charge < -0.3 is 4.74 Å².